The van der Waals surface area contributed by atoms with Gasteiger partial charge in [-0.3, -0.25) is 0 Å². The fraction of sp³-hybridized carbons (Fsp3) is 0.385. The van der Waals surface area contributed by atoms with Gasteiger partial charge in [0.25, 0.3) is 0 Å². The van der Waals surface area contributed by atoms with Crippen LogP contribution in [0.3, 0.4) is 0 Å². The highest BCUT2D eigenvalue weighted by Crippen LogP contribution is 2.23. The number of halogens is 2. The fourth-order valence-electron chi connectivity index (χ4n) is 1.23. The SMILES string of the molecule is CC(C)OC(=O)[C@H](C)OC(=O)c1ccc(Cl)c(Cl)c1. The molecule has 0 bridgehead atoms. The molecule has 1 atom stereocenters. The first kappa shape index (κ1) is 15.8. The number of rotatable bonds is 4. The predicted octanol–water partition coefficient (Wildman–Crippen LogP) is 3.49. The molecule has 0 spiro atoms. The average molecular weight is 305 g/mol. The number of ether oxygens (including phenoxy) is 2. The Labute approximate surface area is 121 Å². The number of benzene rings is 1. The van der Waals surface area contributed by atoms with Crippen molar-refractivity contribution in [2.24, 2.45) is 0 Å². The molecule has 19 heavy (non-hydrogen) atoms. The first-order valence-electron chi connectivity index (χ1n) is 5.67. The van der Waals surface area contributed by atoms with Crippen LogP contribution in [0.15, 0.2) is 18.2 Å². The van der Waals surface area contributed by atoms with E-state index in [0.717, 1.165) is 0 Å². The van der Waals surface area contributed by atoms with E-state index in [9.17, 15) is 9.59 Å². The molecule has 0 saturated heterocycles. The van der Waals surface area contributed by atoms with E-state index >= 15 is 0 Å². The zero-order chi connectivity index (χ0) is 14.6. The minimum absolute atomic E-state index is 0.221. The molecule has 6 heteroatoms. The van der Waals surface area contributed by atoms with Crippen molar-refractivity contribution >= 4 is 35.1 Å². The van der Waals surface area contributed by atoms with Gasteiger partial charge in [-0.2, -0.15) is 0 Å². The summed E-state index contributed by atoms with van der Waals surface area (Å²) >= 11 is 11.5. The average Bonchev–Trinajstić information content (AvgIpc) is 2.31. The molecule has 0 aliphatic heterocycles. The Morgan fingerprint density at radius 2 is 1.68 bits per heavy atom. The van der Waals surface area contributed by atoms with Crippen molar-refractivity contribution in [2.75, 3.05) is 0 Å². The van der Waals surface area contributed by atoms with E-state index in [1.807, 2.05) is 0 Å². The molecule has 0 unspecified atom stereocenters. The lowest BCUT2D eigenvalue weighted by atomic mass is 10.2. The van der Waals surface area contributed by atoms with E-state index in [-0.39, 0.29) is 16.7 Å². The largest absolute Gasteiger partial charge is 0.460 e. The lowest BCUT2D eigenvalue weighted by molar-refractivity contribution is -0.156. The quantitative estimate of drug-likeness (QED) is 0.799. The number of hydrogen-bond donors (Lipinski definition) is 0. The van der Waals surface area contributed by atoms with E-state index < -0.39 is 18.0 Å². The van der Waals surface area contributed by atoms with Crippen LogP contribution in [0.2, 0.25) is 10.0 Å². The topological polar surface area (TPSA) is 52.6 Å². The van der Waals surface area contributed by atoms with E-state index in [0.29, 0.717) is 5.02 Å². The van der Waals surface area contributed by atoms with Crippen LogP contribution in [0, 0.1) is 0 Å². The van der Waals surface area contributed by atoms with Gasteiger partial charge >= 0.3 is 11.9 Å². The van der Waals surface area contributed by atoms with Gasteiger partial charge in [-0.1, -0.05) is 23.2 Å². The monoisotopic (exact) mass is 304 g/mol. The second-order valence-electron chi connectivity index (χ2n) is 4.16. The molecule has 1 aromatic rings. The highest BCUT2D eigenvalue weighted by molar-refractivity contribution is 6.42. The molecule has 1 rings (SSSR count). The lowest BCUT2D eigenvalue weighted by Gasteiger charge is -2.14. The maximum absolute atomic E-state index is 11.8. The summed E-state index contributed by atoms with van der Waals surface area (Å²) in [5, 5.41) is 0.582. The Morgan fingerprint density at radius 3 is 2.21 bits per heavy atom. The van der Waals surface area contributed by atoms with Crippen LogP contribution in [-0.2, 0) is 14.3 Å². The minimum Gasteiger partial charge on any atom is -0.460 e. The fourth-order valence-corrected chi connectivity index (χ4v) is 1.53. The van der Waals surface area contributed by atoms with Crippen molar-refractivity contribution in [2.45, 2.75) is 33.0 Å². The van der Waals surface area contributed by atoms with Crippen LogP contribution in [0.5, 0.6) is 0 Å². The van der Waals surface area contributed by atoms with Crippen molar-refractivity contribution in [1.82, 2.24) is 0 Å². The summed E-state index contributed by atoms with van der Waals surface area (Å²) in [6.45, 7) is 4.87. The molecule has 0 heterocycles. The van der Waals surface area contributed by atoms with Gasteiger partial charge in [0.15, 0.2) is 6.10 Å². The molecule has 0 amide bonds. The predicted molar refractivity (Wildman–Crippen MR) is 72.6 cm³/mol. The molecular weight excluding hydrogens is 291 g/mol. The molecule has 0 aliphatic rings. The standard InChI is InChI=1S/C13H14Cl2O4/c1-7(2)18-12(16)8(3)19-13(17)9-4-5-10(14)11(15)6-9/h4-8H,1-3H3/t8-/m0/s1. The van der Waals surface area contributed by atoms with Gasteiger partial charge in [0.1, 0.15) is 0 Å². The van der Waals surface area contributed by atoms with E-state index in [1.54, 1.807) is 13.8 Å². The van der Waals surface area contributed by atoms with Crippen molar-refractivity contribution in [3.63, 3.8) is 0 Å². The van der Waals surface area contributed by atoms with Gasteiger partial charge in [0, 0.05) is 0 Å². The number of carbonyl (C=O) groups is 2. The Balaban J connectivity index is 2.68. The third kappa shape index (κ3) is 4.73. The van der Waals surface area contributed by atoms with E-state index in [2.05, 4.69) is 0 Å². The molecule has 4 nitrogen and oxygen atoms in total. The Morgan fingerprint density at radius 1 is 1.05 bits per heavy atom. The van der Waals surface area contributed by atoms with Crippen LogP contribution < -0.4 is 0 Å². The van der Waals surface area contributed by atoms with Crippen LogP contribution in [0.25, 0.3) is 0 Å². The van der Waals surface area contributed by atoms with E-state index in [1.165, 1.54) is 25.1 Å². The molecular formula is C13H14Cl2O4. The summed E-state index contributed by atoms with van der Waals surface area (Å²) in [6, 6.07) is 4.33. The summed E-state index contributed by atoms with van der Waals surface area (Å²) in [4.78, 5) is 23.3. The summed E-state index contributed by atoms with van der Waals surface area (Å²) in [6.07, 6.45) is -1.25. The Hall–Kier alpha value is -1.26. The number of hydrogen-bond acceptors (Lipinski definition) is 4. The van der Waals surface area contributed by atoms with Crippen LogP contribution in [0.4, 0.5) is 0 Å². The summed E-state index contributed by atoms with van der Waals surface area (Å²) in [5.41, 5.74) is 0.221. The molecule has 104 valence electrons. The first-order valence-corrected chi connectivity index (χ1v) is 6.43. The number of esters is 2. The molecule has 0 radical (unpaired) electrons. The van der Waals surface area contributed by atoms with Gasteiger partial charge in [-0.05, 0) is 39.0 Å². The summed E-state index contributed by atoms with van der Waals surface area (Å²) in [5.74, 6) is -1.25. The van der Waals surface area contributed by atoms with Crippen LogP contribution in [0.1, 0.15) is 31.1 Å². The molecule has 0 N–H and O–H groups in total. The van der Waals surface area contributed by atoms with Gasteiger partial charge < -0.3 is 9.47 Å². The maximum Gasteiger partial charge on any atom is 0.347 e. The third-order valence-corrected chi connectivity index (χ3v) is 2.86. The maximum atomic E-state index is 11.8. The second kappa shape index (κ2) is 6.78. The molecule has 0 aromatic heterocycles. The second-order valence-corrected chi connectivity index (χ2v) is 4.98. The number of carbonyl (C=O) groups excluding carboxylic acids is 2. The van der Waals surface area contributed by atoms with Gasteiger partial charge in [0.05, 0.1) is 21.7 Å². The summed E-state index contributed by atoms with van der Waals surface area (Å²) in [7, 11) is 0. The smallest absolute Gasteiger partial charge is 0.347 e. The van der Waals surface area contributed by atoms with Crippen molar-refractivity contribution in [3.05, 3.63) is 33.8 Å². The van der Waals surface area contributed by atoms with Crippen LogP contribution in [-0.4, -0.2) is 24.1 Å². The normalized spacial score (nSPS) is 12.1. The molecule has 1 aromatic carbocycles. The Bertz CT molecular complexity index is 486. The van der Waals surface area contributed by atoms with Crippen LogP contribution >= 0.6 is 23.2 Å². The van der Waals surface area contributed by atoms with Gasteiger partial charge in [-0.15, -0.1) is 0 Å². The van der Waals surface area contributed by atoms with Gasteiger partial charge in [-0.25, -0.2) is 9.59 Å². The highest BCUT2D eigenvalue weighted by atomic mass is 35.5. The molecule has 0 aliphatic carbocycles. The first-order chi connectivity index (χ1) is 8.81. The minimum atomic E-state index is -0.982. The van der Waals surface area contributed by atoms with E-state index in [4.69, 9.17) is 32.7 Å². The zero-order valence-corrected chi connectivity index (χ0v) is 12.3. The van der Waals surface area contributed by atoms with Gasteiger partial charge in [0.2, 0.25) is 0 Å². The van der Waals surface area contributed by atoms with Crippen molar-refractivity contribution in [1.29, 1.82) is 0 Å². The summed E-state index contributed by atoms with van der Waals surface area (Å²) < 4.78 is 9.91. The third-order valence-electron chi connectivity index (χ3n) is 2.12. The van der Waals surface area contributed by atoms with Crippen molar-refractivity contribution < 1.29 is 19.1 Å². The molecule has 0 saturated carbocycles. The lowest BCUT2D eigenvalue weighted by Crippen LogP contribution is -2.28. The van der Waals surface area contributed by atoms with Crippen molar-refractivity contribution in [3.8, 4) is 0 Å². The Kier molecular flexibility index (Phi) is 5.63. The molecule has 0 fully saturated rings. The highest BCUT2D eigenvalue weighted by Gasteiger charge is 2.21. The zero-order valence-electron chi connectivity index (χ0n) is 10.8.